The maximum Gasteiger partial charge on any atom is 0.221 e. The highest BCUT2D eigenvalue weighted by atomic mass is 35.5. The van der Waals surface area contributed by atoms with Crippen molar-refractivity contribution in [3.63, 3.8) is 0 Å². The molecule has 1 unspecified atom stereocenters. The first-order chi connectivity index (χ1) is 9.56. The van der Waals surface area contributed by atoms with Gasteiger partial charge in [-0.05, 0) is 31.5 Å². The Hall–Kier alpha value is -1.85. The summed E-state index contributed by atoms with van der Waals surface area (Å²) in [5.74, 6) is -0.0357. The Kier molecular flexibility index (Phi) is 6.39. The SMILES string of the molecule is Cc1ccn(-c2ccccc2CNC(=O)CC(C)N)n1.Cl. The Bertz CT molecular complexity index is 595. The number of nitrogens with two attached hydrogens (primary N) is 1. The molecule has 2 aromatic rings. The fourth-order valence-electron chi connectivity index (χ4n) is 1.99. The molecular weight excluding hydrogens is 288 g/mol. The van der Waals surface area contributed by atoms with Crippen molar-refractivity contribution in [2.75, 3.05) is 0 Å². The molecule has 0 saturated carbocycles. The number of nitrogens with zero attached hydrogens (tertiary/aromatic N) is 2. The third-order valence-corrected chi connectivity index (χ3v) is 2.94. The highest BCUT2D eigenvalue weighted by Crippen LogP contribution is 2.14. The van der Waals surface area contributed by atoms with Crippen molar-refractivity contribution >= 4 is 18.3 Å². The molecule has 0 saturated heterocycles. The first-order valence-electron chi connectivity index (χ1n) is 6.69. The summed E-state index contributed by atoms with van der Waals surface area (Å²) in [4.78, 5) is 11.7. The molecule has 21 heavy (non-hydrogen) atoms. The van der Waals surface area contributed by atoms with Gasteiger partial charge in [0.25, 0.3) is 0 Å². The van der Waals surface area contributed by atoms with Gasteiger partial charge in [-0.3, -0.25) is 4.79 Å². The highest BCUT2D eigenvalue weighted by Gasteiger charge is 2.08. The molecule has 0 spiro atoms. The number of amides is 1. The zero-order valence-corrected chi connectivity index (χ0v) is 13.1. The molecule has 1 aromatic carbocycles. The van der Waals surface area contributed by atoms with Crippen LogP contribution < -0.4 is 11.1 Å². The number of carbonyl (C=O) groups is 1. The lowest BCUT2D eigenvalue weighted by Crippen LogP contribution is -2.29. The number of aromatic nitrogens is 2. The lowest BCUT2D eigenvalue weighted by atomic mass is 10.1. The third kappa shape index (κ3) is 4.88. The van der Waals surface area contributed by atoms with E-state index in [1.165, 1.54) is 0 Å². The molecule has 6 heteroatoms. The number of hydrogen-bond acceptors (Lipinski definition) is 3. The summed E-state index contributed by atoms with van der Waals surface area (Å²) in [6, 6.07) is 9.70. The highest BCUT2D eigenvalue weighted by molar-refractivity contribution is 5.85. The van der Waals surface area contributed by atoms with Crippen molar-refractivity contribution in [3.8, 4) is 5.69 Å². The summed E-state index contributed by atoms with van der Waals surface area (Å²) in [5, 5.41) is 7.29. The van der Waals surface area contributed by atoms with Gasteiger partial charge < -0.3 is 11.1 Å². The van der Waals surface area contributed by atoms with E-state index in [-0.39, 0.29) is 24.4 Å². The number of carbonyl (C=O) groups excluding carboxylic acids is 1. The largest absolute Gasteiger partial charge is 0.352 e. The number of halogens is 1. The van der Waals surface area contributed by atoms with E-state index in [1.807, 2.05) is 55.1 Å². The summed E-state index contributed by atoms with van der Waals surface area (Å²) in [6.07, 6.45) is 2.25. The van der Waals surface area contributed by atoms with E-state index in [2.05, 4.69) is 10.4 Å². The number of benzene rings is 1. The van der Waals surface area contributed by atoms with Gasteiger partial charge in [0.05, 0.1) is 11.4 Å². The molecular formula is C15H21ClN4O. The molecule has 1 atom stereocenters. The van der Waals surface area contributed by atoms with Crippen LogP contribution in [-0.4, -0.2) is 21.7 Å². The Morgan fingerprint density at radius 2 is 2.10 bits per heavy atom. The summed E-state index contributed by atoms with van der Waals surface area (Å²) < 4.78 is 1.82. The summed E-state index contributed by atoms with van der Waals surface area (Å²) in [7, 11) is 0. The Morgan fingerprint density at radius 1 is 1.38 bits per heavy atom. The molecule has 0 aliphatic carbocycles. The van der Waals surface area contributed by atoms with Gasteiger partial charge in [-0.15, -0.1) is 12.4 Å². The predicted octanol–water partition coefficient (Wildman–Crippen LogP) is 1.96. The number of hydrogen-bond donors (Lipinski definition) is 2. The van der Waals surface area contributed by atoms with Gasteiger partial charge in [-0.25, -0.2) is 4.68 Å². The van der Waals surface area contributed by atoms with Crippen LogP contribution in [0.3, 0.4) is 0 Å². The normalized spacial score (nSPS) is 11.6. The predicted molar refractivity (Wildman–Crippen MR) is 85.7 cm³/mol. The maximum atomic E-state index is 11.7. The minimum absolute atomic E-state index is 0. The number of rotatable bonds is 5. The van der Waals surface area contributed by atoms with Crippen LogP contribution in [-0.2, 0) is 11.3 Å². The van der Waals surface area contributed by atoms with E-state index in [0.717, 1.165) is 16.9 Å². The molecule has 0 fully saturated rings. The molecule has 0 aliphatic heterocycles. The first kappa shape index (κ1) is 17.2. The minimum atomic E-state index is -0.126. The molecule has 2 rings (SSSR count). The fraction of sp³-hybridized carbons (Fsp3) is 0.333. The third-order valence-electron chi connectivity index (χ3n) is 2.94. The van der Waals surface area contributed by atoms with E-state index in [9.17, 15) is 4.79 Å². The van der Waals surface area contributed by atoms with Gasteiger partial charge in [0.2, 0.25) is 5.91 Å². The lowest BCUT2D eigenvalue weighted by Gasteiger charge is -2.11. The molecule has 3 N–H and O–H groups in total. The van der Waals surface area contributed by atoms with Crippen molar-refractivity contribution in [2.45, 2.75) is 32.9 Å². The van der Waals surface area contributed by atoms with Gasteiger partial charge >= 0.3 is 0 Å². The monoisotopic (exact) mass is 308 g/mol. The van der Waals surface area contributed by atoms with E-state index < -0.39 is 0 Å². The Balaban J connectivity index is 0.00000220. The molecule has 1 heterocycles. The molecule has 1 amide bonds. The van der Waals surface area contributed by atoms with Gasteiger partial charge in [-0.1, -0.05) is 18.2 Å². The van der Waals surface area contributed by atoms with Crippen LogP contribution in [0.1, 0.15) is 24.6 Å². The van der Waals surface area contributed by atoms with Crippen LogP contribution in [0.4, 0.5) is 0 Å². The zero-order chi connectivity index (χ0) is 14.5. The van der Waals surface area contributed by atoms with Crippen molar-refractivity contribution in [1.82, 2.24) is 15.1 Å². The van der Waals surface area contributed by atoms with Crippen LogP contribution >= 0.6 is 12.4 Å². The number of aryl methyl sites for hydroxylation is 1. The topological polar surface area (TPSA) is 72.9 Å². The smallest absolute Gasteiger partial charge is 0.221 e. The van der Waals surface area contributed by atoms with Gasteiger partial charge in [0.15, 0.2) is 0 Å². The van der Waals surface area contributed by atoms with E-state index in [0.29, 0.717) is 13.0 Å². The molecule has 5 nitrogen and oxygen atoms in total. The van der Waals surface area contributed by atoms with Gasteiger partial charge in [-0.2, -0.15) is 5.10 Å². The molecule has 0 aliphatic rings. The average molecular weight is 309 g/mol. The first-order valence-corrected chi connectivity index (χ1v) is 6.69. The maximum absolute atomic E-state index is 11.7. The Morgan fingerprint density at radius 3 is 2.71 bits per heavy atom. The molecule has 0 bridgehead atoms. The van der Waals surface area contributed by atoms with Crippen LogP contribution in [0.2, 0.25) is 0 Å². The second-order valence-corrected chi connectivity index (χ2v) is 4.99. The van der Waals surface area contributed by atoms with Crippen LogP contribution in [0.25, 0.3) is 5.69 Å². The summed E-state index contributed by atoms with van der Waals surface area (Å²) >= 11 is 0. The summed E-state index contributed by atoms with van der Waals surface area (Å²) in [6.45, 7) is 4.24. The molecule has 114 valence electrons. The minimum Gasteiger partial charge on any atom is -0.352 e. The number of nitrogens with one attached hydrogen (secondary N) is 1. The second kappa shape index (κ2) is 7.81. The van der Waals surface area contributed by atoms with Crippen molar-refractivity contribution in [1.29, 1.82) is 0 Å². The fourth-order valence-corrected chi connectivity index (χ4v) is 1.99. The summed E-state index contributed by atoms with van der Waals surface area (Å²) in [5.41, 5.74) is 8.57. The zero-order valence-electron chi connectivity index (χ0n) is 12.2. The van der Waals surface area contributed by atoms with E-state index >= 15 is 0 Å². The number of para-hydroxylation sites is 1. The second-order valence-electron chi connectivity index (χ2n) is 4.99. The van der Waals surface area contributed by atoms with Crippen LogP contribution in [0, 0.1) is 6.92 Å². The molecule has 1 aromatic heterocycles. The van der Waals surface area contributed by atoms with Crippen molar-refractivity contribution in [3.05, 3.63) is 47.8 Å². The standard InChI is InChI=1S/C15H20N4O.ClH/c1-11(16)9-15(20)17-10-13-5-3-4-6-14(13)19-8-7-12(2)18-19;/h3-8,11H,9-10,16H2,1-2H3,(H,17,20);1H. The van der Waals surface area contributed by atoms with Crippen molar-refractivity contribution in [2.24, 2.45) is 5.73 Å². The van der Waals surface area contributed by atoms with Crippen LogP contribution in [0.5, 0.6) is 0 Å². The van der Waals surface area contributed by atoms with E-state index in [1.54, 1.807) is 0 Å². The van der Waals surface area contributed by atoms with Crippen LogP contribution in [0.15, 0.2) is 36.5 Å². The van der Waals surface area contributed by atoms with E-state index in [4.69, 9.17) is 5.73 Å². The van der Waals surface area contributed by atoms with Crippen molar-refractivity contribution < 1.29 is 4.79 Å². The van der Waals surface area contributed by atoms with Gasteiger partial charge in [0.1, 0.15) is 0 Å². The lowest BCUT2D eigenvalue weighted by molar-refractivity contribution is -0.121. The quantitative estimate of drug-likeness (QED) is 0.887. The van der Waals surface area contributed by atoms with Gasteiger partial charge in [0, 0.05) is 25.2 Å². The Labute approximate surface area is 130 Å². The molecule has 0 radical (unpaired) electrons. The average Bonchev–Trinajstić information content (AvgIpc) is 2.82.